The zero-order valence-electron chi connectivity index (χ0n) is 33.8. The van der Waals surface area contributed by atoms with E-state index in [1.807, 2.05) is 12.1 Å². The number of hydrogen-bond acceptors (Lipinski definition) is 3. The van der Waals surface area contributed by atoms with E-state index in [2.05, 4.69) is 239 Å². The van der Waals surface area contributed by atoms with E-state index in [4.69, 9.17) is 4.42 Å². The number of aromatic nitrogens is 1. The molecule has 0 N–H and O–H groups in total. The van der Waals surface area contributed by atoms with Gasteiger partial charge in [-0.1, -0.05) is 146 Å². The maximum atomic E-state index is 6.48. The summed E-state index contributed by atoms with van der Waals surface area (Å²) in [5.74, 6) is 0. The molecule has 0 radical (unpaired) electrons. The summed E-state index contributed by atoms with van der Waals surface area (Å²) in [6, 6.07) is 84.6. The normalized spacial score (nSPS) is 11.5. The molecule has 62 heavy (non-hydrogen) atoms. The van der Waals surface area contributed by atoms with Gasteiger partial charge in [0.05, 0.1) is 22.4 Å². The first-order valence-electron chi connectivity index (χ1n) is 21.1. The van der Waals surface area contributed by atoms with Crippen LogP contribution in [-0.2, 0) is 0 Å². The third kappa shape index (κ3) is 5.84. The molecule has 0 spiro atoms. The molecular formula is C58H39N3O. The standard InChI is InChI=1S/C58H39N3O/c1-3-16-41(17-4-1)59(42-18-5-2-6-19-42)55-38-39-56(50-21-8-7-20-49(50)55)60(43-32-30-40(31-33-43)46-25-15-26-52-51-24-11-14-29-57(51)62-58(46)52)44-34-36-45(37-35-44)61-53-27-12-9-22-47(53)48-23-10-13-28-54(48)61/h1-39H. The van der Waals surface area contributed by atoms with Crippen molar-refractivity contribution in [2.45, 2.75) is 0 Å². The van der Waals surface area contributed by atoms with Crippen LogP contribution in [0.4, 0.5) is 34.1 Å². The fourth-order valence-corrected chi connectivity index (χ4v) is 9.38. The average molecular weight is 794 g/mol. The molecule has 2 aromatic heterocycles. The van der Waals surface area contributed by atoms with Crippen molar-refractivity contribution in [3.63, 3.8) is 0 Å². The van der Waals surface area contributed by atoms with Crippen LogP contribution in [0.5, 0.6) is 0 Å². The van der Waals surface area contributed by atoms with Crippen LogP contribution >= 0.6 is 0 Å². The summed E-state index contributed by atoms with van der Waals surface area (Å²) in [6.45, 7) is 0. The van der Waals surface area contributed by atoms with Gasteiger partial charge in [-0.15, -0.1) is 0 Å². The number of benzene rings is 10. The Kier molecular flexibility index (Phi) is 8.46. The van der Waals surface area contributed by atoms with Gasteiger partial charge in [0, 0.05) is 66.3 Å². The van der Waals surface area contributed by atoms with Crippen LogP contribution in [0.3, 0.4) is 0 Å². The van der Waals surface area contributed by atoms with Crippen molar-refractivity contribution in [3.05, 3.63) is 237 Å². The Morgan fingerprint density at radius 1 is 0.306 bits per heavy atom. The summed E-state index contributed by atoms with van der Waals surface area (Å²) in [5.41, 5.74) is 14.0. The van der Waals surface area contributed by atoms with Gasteiger partial charge in [0.1, 0.15) is 11.2 Å². The van der Waals surface area contributed by atoms with Crippen molar-refractivity contribution in [2.75, 3.05) is 9.80 Å². The zero-order valence-corrected chi connectivity index (χ0v) is 33.8. The number of anilines is 6. The van der Waals surface area contributed by atoms with Crippen LogP contribution in [0.15, 0.2) is 241 Å². The zero-order chi connectivity index (χ0) is 41.0. The van der Waals surface area contributed by atoms with Gasteiger partial charge >= 0.3 is 0 Å². The maximum Gasteiger partial charge on any atom is 0.143 e. The van der Waals surface area contributed by atoms with Gasteiger partial charge in [0.2, 0.25) is 0 Å². The molecule has 12 aromatic rings. The highest BCUT2D eigenvalue weighted by Gasteiger charge is 2.22. The minimum atomic E-state index is 0.899. The summed E-state index contributed by atoms with van der Waals surface area (Å²) in [7, 11) is 0. The highest BCUT2D eigenvalue weighted by atomic mass is 16.3. The third-order valence-electron chi connectivity index (χ3n) is 12.2. The summed E-state index contributed by atoms with van der Waals surface area (Å²) >= 11 is 0. The van der Waals surface area contributed by atoms with E-state index in [9.17, 15) is 0 Å². The molecule has 4 nitrogen and oxygen atoms in total. The summed E-state index contributed by atoms with van der Waals surface area (Å²) in [5, 5.41) is 7.04. The van der Waals surface area contributed by atoms with Crippen molar-refractivity contribution < 1.29 is 4.42 Å². The van der Waals surface area contributed by atoms with Crippen LogP contribution in [0.25, 0.3) is 71.3 Å². The predicted octanol–water partition coefficient (Wildman–Crippen LogP) is 16.4. The maximum absolute atomic E-state index is 6.48. The molecule has 0 saturated carbocycles. The van der Waals surface area contributed by atoms with Crippen molar-refractivity contribution >= 4 is 88.6 Å². The average Bonchev–Trinajstić information content (AvgIpc) is 3.90. The van der Waals surface area contributed by atoms with Gasteiger partial charge in [-0.2, -0.15) is 0 Å². The third-order valence-corrected chi connectivity index (χ3v) is 12.2. The van der Waals surface area contributed by atoms with Crippen LogP contribution in [0.2, 0.25) is 0 Å². The monoisotopic (exact) mass is 793 g/mol. The van der Waals surface area contributed by atoms with Gasteiger partial charge in [-0.05, 0) is 96.6 Å². The lowest BCUT2D eigenvalue weighted by molar-refractivity contribution is 0.670. The van der Waals surface area contributed by atoms with E-state index in [0.717, 1.165) is 83.6 Å². The molecule has 0 aliphatic carbocycles. The second-order valence-corrected chi connectivity index (χ2v) is 15.7. The van der Waals surface area contributed by atoms with Gasteiger partial charge in [0.25, 0.3) is 0 Å². The fraction of sp³-hybridized carbons (Fsp3) is 0. The number of para-hydroxylation sites is 6. The Morgan fingerprint density at radius 3 is 1.31 bits per heavy atom. The van der Waals surface area contributed by atoms with E-state index in [0.29, 0.717) is 0 Å². The predicted molar refractivity (Wildman–Crippen MR) is 260 cm³/mol. The van der Waals surface area contributed by atoms with Gasteiger partial charge in [0.15, 0.2) is 0 Å². The smallest absolute Gasteiger partial charge is 0.143 e. The minimum Gasteiger partial charge on any atom is -0.455 e. The van der Waals surface area contributed by atoms with E-state index in [1.54, 1.807) is 0 Å². The first kappa shape index (κ1) is 35.6. The van der Waals surface area contributed by atoms with Crippen molar-refractivity contribution in [2.24, 2.45) is 0 Å². The highest BCUT2D eigenvalue weighted by Crippen LogP contribution is 2.46. The summed E-state index contributed by atoms with van der Waals surface area (Å²) in [4.78, 5) is 4.74. The van der Waals surface area contributed by atoms with Gasteiger partial charge < -0.3 is 18.8 Å². The Morgan fingerprint density at radius 2 is 0.742 bits per heavy atom. The molecule has 10 aromatic carbocycles. The molecule has 0 atom stereocenters. The fourth-order valence-electron chi connectivity index (χ4n) is 9.38. The highest BCUT2D eigenvalue weighted by molar-refractivity contribution is 6.11. The first-order chi connectivity index (χ1) is 30.8. The lowest BCUT2D eigenvalue weighted by Gasteiger charge is -2.30. The van der Waals surface area contributed by atoms with E-state index >= 15 is 0 Å². The molecule has 4 heteroatoms. The molecule has 0 saturated heterocycles. The van der Waals surface area contributed by atoms with E-state index in [1.165, 1.54) is 21.8 Å². The molecule has 292 valence electrons. The molecule has 0 unspecified atom stereocenters. The quantitative estimate of drug-likeness (QED) is 0.153. The van der Waals surface area contributed by atoms with Crippen molar-refractivity contribution in [1.82, 2.24) is 4.57 Å². The van der Waals surface area contributed by atoms with Crippen LogP contribution in [0, 0.1) is 0 Å². The Labute approximate surface area is 359 Å². The number of rotatable bonds is 8. The number of fused-ring (bicyclic) bond motifs is 7. The summed E-state index contributed by atoms with van der Waals surface area (Å²) < 4.78 is 8.85. The SMILES string of the molecule is c1ccc(N(c2ccccc2)c2ccc(N(c3ccc(-c4cccc5c4oc4ccccc45)cc3)c3ccc(-n4c5ccccc5c5ccccc54)cc3)c3ccccc23)cc1. The molecule has 0 aliphatic heterocycles. The van der Waals surface area contributed by atoms with E-state index in [-0.39, 0.29) is 0 Å². The van der Waals surface area contributed by atoms with Crippen LogP contribution < -0.4 is 9.80 Å². The van der Waals surface area contributed by atoms with Crippen LogP contribution in [0.1, 0.15) is 0 Å². The molecule has 0 fully saturated rings. The number of furan rings is 1. The lowest BCUT2D eigenvalue weighted by atomic mass is 10.0. The number of hydrogen-bond donors (Lipinski definition) is 0. The minimum absolute atomic E-state index is 0.899. The summed E-state index contributed by atoms with van der Waals surface area (Å²) in [6.07, 6.45) is 0. The first-order valence-corrected chi connectivity index (χ1v) is 21.1. The Hall–Kier alpha value is -8.34. The topological polar surface area (TPSA) is 24.6 Å². The molecular weight excluding hydrogens is 755 g/mol. The van der Waals surface area contributed by atoms with Crippen LogP contribution in [-0.4, -0.2) is 4.57 Å². The number of nitrogens with zero attached hydrogens (tertiary/aromatic N) is 3. The molecule has 2 heterocycles. The molecule has 0 aliphatic rings. The van der Waals surface area contributed by atoms with E-state index < -0.39 is 0 Å². The van der Waals surface area contributed by atoms with Crippen molar-refractivity contribution in [1.29, 1.82) is 0 Å². The van der Waals surface area contributed by atoms with Gasteiger partial charge in [-0.3, -0.25) is 0 Å². The largest absolute Gasteiger partial charge is 0.455 e. The lowest BCUT2D eigenvalue weighted by Crippen LogP contribution is -2.13. The second-order valence-electron chi connectivity index (χ2n) is 15.7. The van der Waals surface area contributed by atoms with Gasteiger partial charge in [-0.25, -0.2) is 0 Å². The molecule has 0 bridgehead atoms. The van der Waals surface area contributed by atoms with Crippen molar-refractivity contribution in [3.8, 4) is 16.8 Å². The Bertz CT molecular complexity index is 3480. The second kappa shape index (κ2) is 14.7. The Balaban J connectivity index is 1.03. The molecule has 0 amide bonds. The molecule has 12 rings (SSSR count).